The minimum absolute atomic E-state index is 0.124. The first-order valence-corrected chi connectivity index (χ1v) is 7.36. The van der Waals surface area contributed by atoms with Gasteiger partial charge in [0.15, 0.2) is 0 Å². The summed E-state index contributed by atoms with van der Waals surface area (Å²) < 4.78 is 13.4. The Kier molecular flexibility index (Phi) is 4.29. The van der Waals surface area contributed by atoms with Crippen molar-refractivity contribution in [2.24, 2.45) is 11.3 Å². The van der Waals surface area contributed by atoms with Crippen LogP contribution in [0.15, 0.2) is 18.2 Å². The van der Waals surface area contributed by atoms with Crippen molar-refractivity contribution < 1.29 is 4.39 Å². The van der Waals surface area contributed by atoms with Crippen LogP contribution < -0.4 is 5.32 Å². The van der Waals surface area contributed by atoms with Crippen LogP contribution in [0.5, 0.6) is 0 Å². The molecule has 0 spiro atoms. The van der Waals surface area contributed by atoms with E-state index in [0.29, 0.717) is 17.4 Å². The SMILES string of the molecule is CNC(Cc1cc(F)ccc1C)C1CCCC1(C)C. The van der Waals surface area contributed by atoms with Gasteiger partial charge >= 0.3 is 0 Å². The molecular formula is C17H26FN. The molecule has 2 heteroatoms. The summed E-state index contributed by atoms with van der Waals surface area (Å²) >= 11 is 0. The lowest BCUT2D eigenvalue weighted by Gasteiger charge is -2.34. The molecular weight excluding hydrogens is 237 g/mol. The predicted octanol–water partition coefficient (Wildman–Crippen LogP) is 4.09. The Hall–Kier alpha value is -0.890. The Morgan fingerprint density at radius 3 is 2.74 bits per heavy atom. The first-order valence-electron chi connectivity index (χ1n) is 7.36. The maximum absolute atomic E-state index is 13.4. The van der Waals surface area contributed by atoms with Gasteiger partial charge < -0.3 is 5.32 Å². The zero-order valence-electron chi connectivity index (χ0n) is 12.6. The molecule has 1 aromatic rings. The molecule has 1 N–H and O–H groups in total. The molecule has 2 unspecified atom stereocenters. The molecule has 1 aromatic carbocycles. The Morgan fingerprint density at radius 1 is 1.42 bits per heavy atom. The van der Waals surface area contributed by atoms with Gasteiger partial charge in [0, 0.05) is 6.04 Å². The Balaban J connectivity index is 2.17. The highest BCUT2D eigenvalue weighted by Crippen LogP contribution is 2.44. The van der Waals surface area contributed by atoms with E-state index in [1.165, 1.54) is 24.8 Å². The highest BCUT2D eigenvalue weighted by molar-refractivity contribution is 5.27. The van der Waals surface area contributed by atoms with E-state index in [4.69, 9.17) is 0 Å². The lowest BCUT2D eigenvalue weighted by molar-refractivity contribution is 0.201. The van der Waals surface area contributed by atoms with E-state index in [-0.39, 0.29) is 5.82 Å². The van der Waals surface area contributed by atoms with Crippen molar-refractivity contribution >= 4 is 0 Å². The average molecular weight is 263 g/mol. The second-order valence-electron chi connectivity index (χ2n) is 6.66. The number of benzene rings is 1. The molecule has 1 aliphatic rings. The Labute approximate surface area is 116 Å². The molecule has 1 nitrogen and oxygen atoms in total. The highest BCUT2D eigenvalue weighted by Gasteiger charge is 2.38. The Bertz CT molecular complexity index is 439. The molecule has 0 aliphatic heterocycles. The van der Waals surface area contributed by atoms with Crippen molar-refractivity contribution in [2.75, 3.05) is 7.05 Å². The lowest BCUT2D eigenvalue weighted by atomic mass is 9.75. The summed E-state index contributed by atoms with van der Waals surface area (Å²) in [4.78, 5) is 0. The highest BCUT2D eigenvalue weighted by atomic mass is 19.1. The molecule has 0 saturated heterocycles. The summed E-state index contributed by atoms with van der Waals surface area (Å²) in [6.45, 7) is 6.81. The first-order chi connectivity index (χ1) is 8.94. The number of hydrogen-bond donors (Lipinski definition) is 1. The van der Waals surface area contributed by atoms with E-state index in [9.17, 15) is 4.39 Å². The summed E-state index contributed by atoms with van der Waals surface area (Å²) in [6.07, 6.45) is 4.83. The van der Waals surface area contributed by atoms with E-state index in [1.807, 2.05) is 13.1 Å². The fourth-order valence-corrected chi connectivity index (χ4v) is 3.64. The minimum atomic E-state index is -0.124. The fourth-order valence-electron chi connectivity index (χ4n) is 3.64. The molecule has 106 valence electrons. The van der Waals surface area contributed by atoms with E-state index < -0.39 is 0 Å². The lowest BCUT2D eigenvalue weighted by Crippen LogP contribution is -2.40. The normalized spacial score (nSPS) is 23.5. The molecule has 0 bridgehead atoms. The van der Waals surface area contributed by atoms with Crippen molar-refractivity contribution in [1.82, 2.24) is 5.32 Å². The smallest absolute Gasteiger partial charge is 0.123 e. The molecule has 2 rings (SSSR count). The van der Waals surface area contributed by atoms with Gasteiger partial charge in [-0.05, 0) is 67.8 Å². The molecule has 0 amide bonds. The van der Waals surface area contributed by atoms with Crippen LogP contribution in [0.2, 0.25) is 0 Å². The molecule has 0 aromatic heterocycles. The van der Waals surface area contributed by atoms with Crippen molar-refractivity contribution in [3.8, 4) is 0 Å². The maximum atomic E-state index is 13.4. The zero-order chi connectivity index (χ0) is 14.0. The average Bonchev–Trinajstić information content (AvgIpc) is 2.70. The van der Waals surface area contributed by atoms with Crippen LogP contribution in [0.4, 0.5) is 4.39 Å². The van der Waals surface area contributed by atoms with E-state index >= 15 is 0 Å². The van der Waals surface area contributed by atoms with Crippen LogP contribution in [-0.2, 0) is 6.42 Å². The molecule has 1 saturated carbocycles. The molecule has 2 atom stereocenters. The van der Waals surface area contributed by atoms with E-state index in [0.717, 1.165) is 12.0 Å². The van der Waals surface area contributed by atoms with Crippen LogP contribution in [0.25, 0.3) is 0 Å². The second kappa shape index (κ2) is 5.62. The van der Waals surface area contributed by atoms with Crippen molar-refractivity contribution in [2.45, 2.75) is 52.5 Å². The third kappa shape index (κ3) is 3.17. The molecule has 0 radical (unpaired) electrons. The predicted molar refractivity (Wildman–Crippen MR) is 78.8 cm³/mol. The van der Waals surface area contributed by atoms with E-state index in [1.54, 1.807) is 12.1 Å². The van der Waals surface area contributed by atoms with Gasteiger partial charge in [0.05, 0.1) is 0 Å². The third-order valence-electron chi connectivity index (χ3n) is 4.95. The summed E-state index contributed by atoms with van der Waals surface area (Å²) in [5, 5.41) is 3.47. The number of likely N-dealkylation sites (N-methyl/N-ethyl adjacent to an activating group) is 1. The topological polar surface area (TPSA) is 12.0 Å². The van der Waals surface area contributed by atoms with Gasteiger partial charge in [0.2, 0.25) is 0 Å². The van der Waals surface area contributed by atoms with Crippen molar-refractivity contribution in [1.29, 1.82) is 0 Å². The number of hydrogen-bond acceptors (Lipinski definition) is 1. The number of rotatable bonds is 4. The largest absolute Gasteiger partial charge is 0.316 e. The van der Waals surface area contributed by atoms with Gasteiger partial charge in [-0.25, -0.2) is 4.39 Å². The van der Waals surface area contributed by atoms with Crippen LogP contribution in [0.1, 0.15) is 44.2 Å². The second-order valence-corrected chi connectivity index (χ2v) is 6.66. The van der Waals surface area contributed by atoms with Crippen LogP contribution in [-0.4, -0.2) is 13.1 Å². The maximum Gasteiger partial charge on any atom is 0.123 e. The number of aryl methyl sites for hydroxylation is 1. The summed E-state index contributed by atoms with van der Waals surface area (Å²) in [5.41, 5.74) is 2.73. The van der Waals surface area contributed by atoms with Gasteiger partial charge in [-0.1, -0.05) is 26.3 Å². The van der Waals surface area contributed by atoms with Gasteiger partial charge in [-0.3, -0.25) is 0 Å². The number of halogens is 1. The third-order valence-corrected chi connectivity index (χ3v) is 4.95. The van der Waals surface area contributed by atoms with Crippen LogP contribution in [0, 0.1) is 24.1 Å². The Morgan fingerprint density at radius 2 is 2.16 bits per heavy atom. The van der Waals surface area contributed by atoms with Crippen LogP contribution >= 0.6 is 0 Å². The minimum Gasteiger partial charge on any atom is -0.316 e. The van der Waals surface area contributed by atoms with Crippen molar-refractivity contribution in [3.05, 3.63) is 35.1 Å². The van der Waals surface area contributed by atoms with Crippen molar-refractivity contribution in [3.63, 3.8) is 0 Å². The molecule has 0 heterocycles. The zero-order valence-corrected chi connectivity index (χ0v) is 12.6. The summed E-state index contributed by atoms with van der Waals surface area (Å²) in [7, 11) is 2.04. The first kappa shape index (κ1) is 14.5. The van der Waals surface area contributed by atoms with Crippen LogP contribution in [0.3, 0.4) is 0 Å². The van der Waals surface area contributed by atoms with Gasteiger partial charge in [-0.2, -0.15) is 0 Å². The summed E-state index contributed by atoms with van der Waals surface area (Å²) in [6, 6.07) is 5.57. The summed E-state index contributed by atoms with van der Waals surface area (Å²) in [5.74, 6) is 0.557. The molecule has 1 aliphatic carbocycles. The molecule has 1 fully saturated rings. The quantitative estimate of drug-likeness (QED) is 0.862. The number of nitrogens with one attached hydrogen (secondary N) is 1. The monoisotopic (exact) mass is 263 g/mol. The van der Waals surface area contributed by atoms with Gasteiger partial charge in [0.25, 0.3) is 0 Å². The molecule has 19 heavy (non-hydrogen) atoms. The fraction of sp³-hybridized carbons (Fsp3) is 0.647. The van der Waals surface area contributed by atoms with Gasteiger partial charge in [0.1, 0.15) is 5.82 Å². The van der Waals surface area contributed by atoms with Gasteiger partial charge in [-0.15, -0.1) is 0 Å². The van der Waals surface area contributed by atoms with E-state index in [2.05, 4.69) is 26.1 Å². The standard InChI is InChI=1S/C17H26FN/c1-12-7-8-14(18)10-13(12)11-16(19-4)15-6-5-9-17(15,2)3/h7-8,10,15-16,19H,5-6,9,11H2,1-4H3.